The number of hydrogen-bond donors (Lipinski definition) is 1. The quantitative estimate of drug-likeness (QED) is 0.849. The third-order valence-corrected chi connectivity index (χ3v) is 6.77. The summed E-state index contributed by atoms with van der Waals surface area (Å²) >= 11 is 0. The molecule has 1 aromatic carbocycles. The molecule has 0 radical (unpaired) electrons. The maximum Gasteiger partial charge on any atom is 0.254 e. The van der Waals surface area contributed by atoms with Gasteiger partial charge in [0.25, 0.3) is 5.91 Å². The Morgan fingerprint density at radius 3 is 2.00 bits per heavy atom. The first-order valence-electron chi connectivity index (χ1n) is 9.64. The lowest BCUT2D eigenvalue weighted by atomic mass is 9.93. The molecule has 2 fully saturated rings. The van der Waals surface area contributed by atoms with Crippen LogP contribution < -0.4 is 4.72 Å². The van der Waals surface area contributed by atoms with E-state index < -0.39 is 15.6 Å². The zero-order valence-electron chi connectivity index (χ0n) is 16.0. The lowest BCUT2D eigenvalue weighted by molar-refractivity contribution is 0.0614. The van der Waals surface area contributed by atoms with Crippen LogP contribution in [0.3, 0.4) is 0 Å². The highest BCUT2D eigenvalue weighted by atomic mass is 32.2. The fourth-order valence-corrected chi connectivity index (χ4v) is 5.15. The van der Waals surface area contributed by atoms with Gasteiger partial charge in [0.15, 0.2) is 0 Å². The van der Waals surface area contributed by atoms with Crippen LogP contribution >= 0.6 is 0 Å². The number of sulfonamides is 1. The number of amides is 1. The van der Waals surface area contributed by atoms with Crippen LogP contribution in [-0.4, -0.2) is 36.8 Å². The van der Waals surface area contributed by atoms with Crippen molar-refractivity contribution in [2.45, 2.75) is 88.2 Å². The largest absolute Gasteiger partial charge is 0.333 e. The molecule has 1 N–H and O–H groups in total. The molecular formula is C20H30N2O3S. The Kier molecular flexibility index (Phi) is 5.45. The molecule has 1 aromatic rings. The van der Waals surface area contributed by atoms with Gasteiger partial charge in [0, 0.05) is 23.2 Å². The van der Waals surface area contributed by atoms with E-state index in [1.807, 2.05) is 0 Å². The zero-order valence-corrected chi connectivity index (χ0v) is 16.8. The van der Waals surface area contributed by atoms with Crippen LogP contribution in [0.25, 0.3) is 0 Å². The molecule has 0 spiro atoms. The summed E-state index contributed by atoms with van der Waals surface area (Å²) in [4.78, 5) is 15.3. The van der Waals surface area contributed by atoms with Crippen LogP contribution in [-0.2, 0) is 10.0 Å². The smallest absolute Gasteiger partial charge is 0.254 e. The second-order valence-electron chi connectivity index (χ2n) is 8.62. The molecule has 0 unspecified atom stereocenters. The SMILES string of the molecule is CC(C)(C)NS(=O)(=O)c1ccc(C(=O)N(C2CCCCC2)C2CC2)cc1. The predicted molar refractivity (Wildman–Crippen MR) is 103 cm³/mol. The lowest BCUT2D eigenvalue weighted by Gasteiger charge is -2.34. The van der Waals surface area contributed by atoms with Crippen LogP contribution in [0.1, 0.15) is 76.1 Å². The Morgan fingerprint density at radius 2 is 1.50 bits per heavy atom. The van der Waals surface area contributed by atoms with Crippen LogP contribution in [0, 0.1) is 0 Å². The van der Waals surface area contributed by atoms with Crippen LogP contribution in [0.5, 0.6) is 0 Å². The van der Waals surface area contributed by atoms with Crippen LogP contribution in [0.15, 0.2) is 29.2 Å². The summed E-state index contributed by atoms with van der Waals surface area (Å²) in [7, 11) is -3.58. The molecule has 3 rings (SSSR count). The maximum absolute atomic E-state index is 13.1. The molecule has 6 heteroatoms. The molecule has 0 saturated heterocycles. The van der Waals surface area contributed by atoms with Crippen molar-refractivity contribution >= 4 is 15.9 Å². The molecule has 1 amide bonds. The molecule has 144 valence electrons. The minimum atomic E-state index is -3.58. The zero-order chi connectivity index (χ0) is 18.9. The Hall–Kier alpha value is -1.40. The van der Waals surface area contributed by atoms with E-state index in [1.165, 1.54) is 31.4 Å². The lowest BCUT2D eigenvalue weighted by Crippen LogP contribution is -2.43. The summed E-state index contributed by atoms with van der Waals surface area (Å²) in [5.74, 6) is 0.0483. The Morgan fingerprint density at radius 1 is 0.962 bits per heavy atom. The van der Waals surface area contributed by atoms with E-state index in [0.717, 1.165) is 25.7 Å². The number of carbonyl (C=O) groups is 1. The molecule has 26 heavy (non-hydrogen) atoms. The van der Waals surface area contributed by atoms with Crippen molar-refractivity contribution < 1.29 is 13.2 Å². The first-order chi connectivity index (χ1) is 12.2. The van der Waals surface area contributed by atoms with Crippen molar-refractivity contribution in [1.29, 1.82) is 0 Å². The van der Waals surface area contributed by atoms with Gasteiger partial charge in [-0.1, -0.05) is 19.3 Å². The Bertz CT molecular complexity index is 740. The van der Waals surface area contributed by atoms with E-state index in [-0.39, 0.29) is 10.8 Å². The molecule has 0 aromatic heterocycles. The third kappa shape index (κ3) is 4.65. The van der Waals surface area contributed by atoms with E-state index in [4.69, 9.17) is 0 Å². The van der Waals surface area contributed by atoms with Crippen molar-refractivity contribution in [3.63, 3.8) is 0 Å². The molecule has 2 aliphatic carbocycles. The van der Waals surface area contributed by atoms with Gasteiger partial charge in [0.1, 0.15) is 0 Å². The summed E-state index contributed by atoms with van der Waals surface area (Å²) in [6, 6.07) is 7.09. The molecule has 5 nitrogen and oxygen atoms in total. The van der Waals surface area contributed by atoms with Crippen molar-refractivity contribution in [2.24, 2.45) is 0 Å². The molecule has 0 heterocycles. The summed E-state index contributed by atoms with van der Waals surface area (Å²) in [5.41, 5.74) is 0.0362. The van der Waals surface area contributed by atoms with Crippen LogP contribution in [0.2, 0.25) is 0 Å². The van der Waals surface area contributed by atoms with Crippen LogP contribution in [0.4, 0.5) is 0 Å². The second kappa shape index (κ2) is 7.31. The van der Waals surface area contributed by atoms with Gasteiger partial charge in [-0.3, -0.25) is 4.79 Å². The average molecular weight is 379 g/mol. The number of nitrogens with one attached hydrogen (secondary N) is 1. The standard InChI is InChI=1S/C20H30N2O3S/c1-20(2,3)21-26(24,25)18-13-9-15(10-14-18)19(23)22(17-11-12-17)16-7-5-4-6-8-16/h9-10,13-14,16-17,21H,4-8,11-12H2,1-3H3. The molecule has 2 saturated carbocycles. The average Bonchev–Trinajstić information content (AvgIpc) is 3.39. The van der Waals surface area contributed by atoms with Gasteiger partial charge in [-0.2, -0.15) is 0 Å². The molecule has 2 aliphatic rings. The first-order valence-corrected chi connectivity index (χ1v) is 11.1. The summed E-state index contributed by atoms with van der Waals surface area (Å²) < 4.78 is 27.5. The summed E-state index contributed by atoms with van der Waals surface area (Å²) in [6.07, 6.45) is 7.99. The monoisotopic (exact) mass is 378 g/mol. The highest BCUT2D eigenvalue weighted by Crippen LogP contribution is 2.35. The summed E-state index contributed by atoms with van der Waals surface area (Å²) in [6.45, 7) is 5.42. The van der Waals surface area contributed by atoms with E-state index in [0.29, 0.717) is 17.6 Å². The van der Waals surface area contributed by atoms with Gasteiger partial charge >= 0.3 is 0 Å². The highest BCUT2D eigenvalue weighted by molar-refractivity contribution is 7.89. The van der Waals surface area contributed by atoms with Gasteiger partial charge in [-0.25, -0.2) is 13.1 Å². The van der Waals surface area contributed by atoms with Crippen molar-refractivity contribution in [3.8, 4) is 0 Å². The molecule has 0 bridgehead atoms. The number of nitrogens with zero attached hydrogens (tertiary/aromatic N) is 1. The van der Waals surface area contributed by atoms with Gasteiger partial charge in [0.05, 0.1) is 4.90 Å². The molecular weight excluding hydrogens is 348 g/mol. The number of rotatable bonds is 5. The Balaban J connectivity index is 1.77. The fraction of sp³-hybridized carbons (Fsp3) is 0.650. The first kappa shape index (κ1) is 19.4. The van der Waals surface area contributed by atoms with Crippen molar-refractivity contribution in [1.82, 2.24) is 9.62 Å². The normalized spacial score (nSPS) is 19.3. The fourth-order valence-electron chi connectivity index (χ4n) is 3.73. The van der Waals surface area contributed by atoms with Crippen molar-refractivity contribution in [2.75, 3.05) is 0 Å². The minimum absolute atomic E-state index is 0.0483. The van der Waals surface area contributed by atoms with Gasteiger partial charge in [0.2, 0.25) is 10.0 Å². The number of hydrogen-bond acceptors (Lipinski definition) is 3. The third-order valence-electron chi connectivity index (χ3n) is 4.99. The minimum Gasteiger partial charge on any atom is -0.333 e. The van der Waals surface area contributed by atoms with Crippen molar-refractivity contribution in [3.05, 3.63) is 29.8 Å². The topological polar surface area (TPSA) is 66.5 Å². The van der Waals surface area contributed by atoms with E-state index in [9.17, 15) is 13.2 Å². The number of benzene rings is 1. The van der Waals surface area contributed by atoms with E-state index >= 15 is 0 Å². The molecule has 0 aliphatic heterocycles. The molecule has 0 atom stereocenters. The second-order valence-corrected chi connectivity index (χ2v) is 10.3. The van der Waals surface area contributed by atoms with Gasteiger partial charge in [-0.15, -0.1) is 0 Å². The summed E-state index contributed by atoms with van der Waals surface area (Å²) in [5, 5.41) is 0. The van der Waals surface area contributed by atoms with Gasteiger partial charge < -0.3 is 4.90 Å². The van der Waals surface area contributed by atoms with E-state index in [2.05, 4.69) is 9.62 Å². The number of carbonyl (C=O) groups excluding carboxylic acids is 1. The highest BCUT2D eigenvalue weighted by Gasteiger charge is 2.38. The Labute approximate surface area is 157 Å². The predicted octanol–water partition coefficient (Wildman–Crippen LogP) is 3.70. The maximum atomic E-state index is 13.1. The van der Waals surface area contributed by atoms with Gasteiger partial charge in [-0.05, 0) is 70.7 Å². The van der Waals surface area contributed by atoms with E-state index in [1.54, 1.807) is 32.9 Å².